The van der Waals surface area contributed by atoms with Gasteiger partial charge in [0.2, 0.25) is 0 Å². The number of morpholine rings is 1. The van der Waals surface area contributed by atoms with E-state index in [4.69, 9.17) is 20.2 Å². The third-order valence-electron chi connectivity index (χ3n) is 8.33. The van der Waals surface area contributed by atoms with Crippen LogP contribution in [0.4, 0.5) is 10.6 Å². The Bertz CT molecular complexity index is 1480. The van der Waals surface area contributed by atoms with E-state index >= 15 is 0 Å². The molecule has 1 saturated carbocycles. The zero-order chi connectivity index (χ0) is 29.5. The Morgan fingerprint density at radius 3 is 2.48 bits per heavy atom. The van der Waals surface area contributed by atoms with Gasteiger partial charge >= 0.3 is 6.09 Å². The SMILES string of the molecule is CC(C)(C)OC(=O)N1CCC[C@H](Nc2ncnc3c(C(N)=O)cc(-c4ccc(C5(N6CCOCC6)CC5)cc4)nc23)C1. The predicted molar refractivity (Wildman–Crippen MR) is 159 cm³/mol. The molecule has 4 heterocycles. The number of nitrogens with zero attached hydrogens (tertiary/aromatic N) is 5. The van der Waals surface area contributed by atoms with E-state index < -0.39 is 11.5 Å². The molecular formula is C31H39N7O4. The van der Waals surface area contributed by atoms with Gasteiger partial charge in [0, 0.05) is 43.3 Å². The lowest BCUT2D eigenvalue weighted by atomic mass is 9.99. The number of anilines is 1. The molecule has 3 aliphatic rings. The third kappa shape index (κ3) is 5.76. The molecule has 2 aromatic heterocycles. The number of benzene rings is 1. The number of rotatable bonds is 6. The molecule has 0 bridgehead atoms. The van der Waals surface area contributed by atoms with Crippen LogP contribution < -0.4 is 11.1 Å². The largest absolute Gasteiger partial charge is 0.444 e. The smallest absolute Gasteiger partial charge is 0.410 e. The Morgan fingerprint density at radius 2 is 1.81 bits per heavy atom. The van der Waals surface area contributed by atoms with E-state index in [9.17, 15) is 9.59 Å². The maximum Gasteiger partial charge on any atom is 0.410 e. The fourth-order valence-corrected chi connectivity index (χ4v) is 6.11. The number of amides is 2. The van der Waals surface area contributed by atoms with Crippen LogP contribution in [0.15, 0.2) is 36.7 Å². The Morgan fingerprint density at radius 1 is 1.07 bits per heavy atom. The number of carbonyl (C=O) groups excluding carboxylic acids is 2. The molecule has 0 radical (unpaired) electrons. The summed E-state index contributed by atoms with van der Waals surface area (Å²) in [7, 11) is 0. The number of carbonyl (C=O) groups is 2. The van der Waals surface area contributed by atoms with Gasteiger partial charge in [0.15, 0.2) is 5.82 Å². The van der Waals surface area contributed by atoms with Gasteiger partial charge in [-0.1, -0.05) is 24.3 Å². The van der Waals surface area contributed by atoms with Crippen LogP contribution in [-0.4, -0.2) is 87.8 Å². The van der Waals surface area contributed by atoms with Gasteiger partial charge in [-0.25, -0.2) is 19.7 Å². The number of nitrogens with one attached hydrogen (secondary N) is 1. The van der Waals surface area contributed by atoms with Gasteiger partial charge in [-0.2, -0.15) is 0 Å². The van der Waals surface area contributed by atoms with E-state index in [0.717, 1.165) is 57.6 Å². The first-order chi connectivity index (χ1) is 20.1. The van der Waals surface area contributed by atoms with Gasteiger partial charge in [-0.15, -0.1) is 0 Å². The molecule has 2 saturated heterocycles. The number of hydrogen-bond donors (Lipinski definition) is 2. The first-order valence-corrected chi connectivity index (χ1v) is 14.8. The standard InChI is InChI=1S/C31H39N7O4/c1-30(2,3)42-29(40)37-12-4-5-22(18-37)35-28-26-25(33-19-34-28)23(27(32)39)17-24(36-26)20-6-8-21(9-7-20)31(10-11-31)38-13-15-41-16-14-38/h6-9,17,19,22H,4-5,10-16,18H2,1-3H3,(H2,32,39)(H,33,34,35)/t22-/m0/s1. The minimum atomic E-state index is -0.581. The molecule has 1 aliphatic carbocycles. The molecule has 0 unspecified atom stereocenters. The van der Waals surface area contributed by atoms with E-state index in [1.165, 1.54) is 11.9 Å². The lowest BCUT2D eigenvalue weighted by Gasteiger charge is -2.35. The van der Waals surface area contributed by atoms with Crippen molar-refractivity contribution in [1.82, 2.24) is 24.8 Å². The molecule has 11 nitrogen and oxygen atoms in total. The van der Waals surface area contributed by atoms with Crippen LogP contribution in [-0.2, 0) is 15.0 Å². The number of likely N-dealkylation sites (tertiary alicyclic amines) is 1. The Labute approximate surface area is 245 Å². The fraction of sp³-hybridized carbons (Fsp3) is 0.516. The summed E-state index contributed by atoms with van der Waals surface area (Å²) in [6.45, 7) is 10.1. The maximum atomic E-state index is 12.7. The van der Waals surface area contributed by atoms with Crippen LogP contribution in [0.1, 0.15) is 62.4 Å². The van der Waals surface area contributed by atoms with E-state index in [1.54, 1.807) is 11.0 Å². The first-order valence-electron chi connectivity index (χ1n) is 14.8. The number of ether oxygens (including phenoxy) is 2. The Balaban J connectivity index is 1.28. The van der Waals surface area contributed by atoms with Crippen LogP contribution in [0.25, 0.3) is 22.3 Å². The second-order valence-corrected chi connectivity index (χ2v) is 12.5. The van der Waals surface area contributed by atoms with Gasteiger partial charge in [-0.3, -0.25) is 9.69 Å². The van der Waals surface area contributed by atoms with Crippen LogP contribution in [0.5, 0.6) is 0 Å². The molecule has 1 atom stereocenters. The van der Waals surface area contributed by atoms with E-state index in [-0.39, 0.29) is 23.2 Å². The molecule has 3 N–H and O–H groups in total. The molecule has 2 amide bonds. The highest BCUT2D eigenvalue weighted by Gasteiger charge is 2.49. The summed E-state index contributed by atoms with van der Waals surface area (Å²) in [6.07, 6.45) is 5.03. The van der Waals surface area contributed by atoms with Crippen molar-refractivity contribution < 1.29 is 19.1 Å². The van der Waals surface area contributed by atoms with Crippen LogP contribution in [0.2, 0.25) is 0 Å². The number of nitrogens with two attached hydrogens (primary N) is 1. The topological polar surface area (TPSA) is 136 Å². The normalized spacial score (nSPS) is 20.7. The number of aromatic nitrogens is 3. The summed E-state index contributed by atoms with van der Waals surface area (Å²) >= 11 is 0. The fourth-order valence-electron chi connectivity index (χ4n) is 6.11. The highest BCUT2D eigenvalue weighted by atomic mass is 16.6. The molecule has 11 heteroatoms. The van der Waals surface area contributed by atoms with Gasteiger partial charge < -0.3 is 25.4 Å². The summed E-state index contributed by atoms with van der Waals surface area (Å²) in [4.78, 5) is 43.3. The first kappa shape index (κ1) is 28.3. The molecule has 42 heavy (non-hydrogen) atoms. The number of hydrogen-bond acceptors (Lipinski definition) is 9. The lowest BCUT2D eigenvalue weighted by Crippen LogP contribution is -2.47. The minimum Gasteiger partial charge on any atom is -0.444 e. The predicted octanol–water partition coefficient (Wildman–Crippen LogP) is 3.92. The summed E-state index contributed by atoms with van der Waals surface area (Å²) in [5.74, 6) is -0.0794. The maximum absolute atomic E-state index is 12.7. The molecule has 2 aliphatic heterocycles. The van der Waals surface area contributed by atoms with Gasteiger partial charge in [0.25, 0.3) is 5.91 Å². The number of pyridine rings is 1. The summed E-state index contributed by atoms with van der Waals surface area (Å²) in [6, 6.07) is 10.1. The van der Waals surface area contributed by atoms with Crippen molar-refractivity contribution in [3.05, 3.63) is 47.8 Å². The van der Waals surface area contributed by atoms with Crippen LogP contribution in [0, 0.1) is 0 Å². The number of primary amides is 1. The molecule has 222 valence electrons. The molecule has 3 aromatic rings. The van der Waals surface area contributed by atoms with Crippen molar-refractivity contribution in [2.75, 3.05) is 44.7 Å². The van der Waals surface area contributed by atoms with Gasteiger partial charge in [-0.05, 0) is 58.1 Å². The highest BCUT2D eigenvalue weighted by Crippen LogP contribution is 2.51. The zero-order valence-corrected chi connectivity index (χ0v) is 24.6. The molecule has 3 fully saturated rings. The van der Waals surface area contributed by atoms with Gasteiger partial charge in [0.1, 0.15) is 23.0 Å². The molecular weight excluding hydrogens is 534 g/mol. The van der Waals surface area contributed by atoms with Gasteiger partial charge in [0.05, 0.1) is 24.5 Å². The van der Waals surface area contributed by atoms with Crippen molar-refractivity contribution in [3.8, 4) is 11.3 Å². The minimum absolute atomic E-state index is 0.0685. The number of piperidine rings is 1. The Kier molecular flexibility index (Phi) is 7.48. The quantitative estimate of drug-likeness (QED) is 0.450. The van der Waals surface area contributed by atoms with Crippen LogP contribution >= 0.6 is 0 Å². The van der Waals surface area contributed by atoms with Crippen molar-refractivity contribution in [3.63, 3.8) is 0 Å². The lowest BCUT2D eigenvalue weighted by molar-refractivity contribution is 0.00835. The zero-order valence-electron chi connectivity index (χ0n) is 24.6. The monoisotopic (exact) mass is 573 g/mol. The molecule has 1 aromatic carbocycles. The molecule has 0 spiro atoms. The third-order valence-corrected chi connectivity index (χ3v) is 8.33. The van der Waals surface area contributed by atoms with Crippen molar-refractivity contribution >= 4 is 28.9 Å². The Hall–Kier alpha value is -3.83. The summed E-state index contributed by atoms with van der Waals surface area (Å²) < 4.78 is 11.1. The van der Waals surface area contributed by atoms with E-state index in [0.29, 0.717) is 35.6 Å². The van der Waals surface area contributed by atoms with Crippen molar-refractivity contribution in [1.29, 1.82) is 0 Å². The number of fused-ring (bicyclic) bond motifs is 1. The second-order valence-electron chi connectivity index (χ2n) is 12.5. The highest BCUT2D eigenvalue weighted by molar-refractivity contribution is 6.06. The second kappa shape index (κ2) is 11.1. The summed E-state index contributed by atoms with van der Waals surface area (Å²) in [5, 5.41) is 3.46. The summed E-state index contributed by atoms with van der Waals surface area (Å²) in [5.41, 5.74) is 9.28. The average molecular weight is 574 g/mol. The van der Waals surface area contributed by atoms with E-state index in [1.807, 2.05) is 20.8 Å². The molecule has 6 rings (SSSR count). The van der Waals surface area contributed by atoms with Crippen LogP contribution in [0.3, 0.4) is 0 Å². The van der Waals surface area contributed by atoms with E-state index in [2.05, 4.69) is 44.5 Å². The average Bonchev–Trinajstić information content (AvgIpc) is 3.79. The van der Waals surface area contributed by atoms with Crippen molar-refractivity contribution in [2.24, 2.45) is 5.73 Å². The van der Waals surface area contributed by atoms with Crippen molar-refractivity contribution in [2.45, 2.75) is 63.6 Å².